The van der Waals surface area contributed by atoms with Gasteiger partial charge in [-0.05, 0) is 20.4 Å². The minimum absolute atomic E-state index is 0. The molecule has 0 saturated carbocycles. The maximum atomic E-state index is 8.06. The van der Waals surface area contributed by atoms with Crippen molar-refractivity contribution >= 4 is 0 Å². The van der Waals surface area contributed by atoms with E-state index in [0.717, 1.165) is 13.1 Å². The monoisotopic (exact) mass is 180 g/mol. The minimum atomic E-state index is -0.167. The van der Waals surface area contributed by atoms with E-state index in [-0.39, 0.29) is 27.8 Å². The van der Waals surface area contributed by atoms with Gasteiger partial charge in [0.2, 0.25) is 0 Å². The Kier molecular flexibility index (Phi) is 27.6. The molecule has 0 aromatic carbocycles. The van der Waals surface area contributed by atoms with Crippen LogP contribution in [0.3, 0.4) is 0 Å². The average molecular weight is 180 g/mol. The molecule has 0 fully saturated rings. The van der Waals surface area contributed by atoms with Crippen LogP contribution in [0.4, 0.5) is 0 Å². The molecule has 0 bridgehead atoms. The molecule has 0 aromatic heterocycles. The number of aliphatic hydroxyl groups is 1. The summed E-state index contributed by atoms with van der Waals surface area (Å²) in [7, 11) is 0. The summed E-state index contributed by atoms with van der Waals surface area (Å²) in [6.45, 7) is 10.9. The summed E-state index contributed by atoms with van der Waals surface area (Å²) in [6, 6.07) is 0. The first-order valence-electron chi connectivity index (χ1n) is 3.33. The van der Waals surface area contributed by atoms with Crippen molar-refractivity contribution in [2.75, 3.05) is 13.1 Å². The third-order valence-corrected chi connectivity index (χ3v) is 0.427. The maximum absolute atomic E-state index is 8.06. The summed E-state index contributed by atoms with van der Waals surface area (Å²) in [5.74, 6) is 0. The predicted molar refractivity (Wildman–Crippen MR) is 41.3 cm³/mol. The Morgan fingerprint density at radius 3 is 1.80 bits per heavy atom. The van der Waals surface area contributed by atoms with Crippen LogP contribution in [-0.2, 0) is 21.7 Å². The largest absolute Gasteiger partial charge is 0.394 e. The van der Waals surface area contributed by atoms with Crippen LogP contribution in [0, 0.1) is 6.92 Å². The summed E-state index contributed by atoms with van der Waals surface area (Å²) < 4.78 is 0. The Hall–Kier alpha value is 0.634. The van der Waals surface area contributed by atoms with Crippen molar-refractivity contribution in [3.8, 4) is 0 Å². The molecule has 0 aliphatic carbocycles. The van der Waals surface area contributed by atoms with Gasteiger partial charge in [-0.25, -0.2) is 0 Å². The Morgan fingerprint density at radius 2 is 1.80 bits per heavy atom. The van der Waals surface area contributed by atoms with Gasteiger partial charge in [-0.3, -0.25) is 0 Å². The number of aliphatic hydroxyl groups excluding tert-OH is 1. The third-order valence-electron chi connectivity index (χ3n) is 0.427. The zero-order chi connectivity index (χ0) is 7.70. The van der Waals surface area contributed by atoms with Crippen molar-refractivity contribution in [2.45, 2.75) is 26.9 Å². The molecule has 62 valence electrons. The van der Waals surface area contributed by atoms with Crippen LogP contribution in [0.15, 0.2) is 0 Å². The molecule has 3 heteroatoms. The van der Waals surface area contributed by atoms with E-state index in [9.17, 15) is 0 Å². The quantitative estimate of drug-likeness (QED) is 0.487. The van der Waals surface area contributed by atoms with Crippen LogP contribution in [0.25, 0.3) is 0 Å². The Balaban J connectivity index is -0.0000000910. The molecule has 0 spiro atoms. The molecule has 10 heavy (non-hydrogen) atoms. The van der Waals surface area contributed by atoms with Crippen LogP contribution in [0.1, 0.15) is 20.8 Å². The van der Waals surface area contributed by atoms with Crippen LogP contribution in [-0.4, -0.2) is 24.3 Å². The minimum Gasteiger partial charge on any atom is -0.394 e. The van der Waals surface area contributed by atoms with Gasteiger partial charge in [-0.2, -0.15) is 0 Å². The molecule has 0 aromatic rings. The van der Waals surface area contributed by atoms with Gasteiger partial charge in [-0.15, -0.1) is 6.54 Å². The second-order valence-corrected chi connectivity index (χ2v) is 1.95. The van der Waals surface area contributed by atoms with Crippen molar-refractivity contribution in [3.63, 3.8) is 0 Å². The van der Waals surface area contributed by atoms with Gasteiger partial charge in [0.25, 0.3) is 0 Å². The summed E-state index contributed by atoms with van der Waals surface area (Å²) >= 11 is 0. The molecule has 0 aliphatic rings. The SMILES string of the molecule is CC(C)O.[CH2-]CNCC.[Ti]. The van der Waals surface area contributed by atoms with Crippen LogP contribution in [0.2, 0.25) is 0 Å². The number of rotatable bonds is 2. The second kappa shape index (κ2) is 16.3. The third kappa shape index (κ3) is 72.5. The van der Waals surface area contributed by atoms with Gasteiger partial charge >= 0.3 is 0 Å². The van der Waals surface area contributed by atoms with E-state index in [2.05, 4.69) is 19.2 Å². The van der Waals surface area contributed by atoms with Gasteiger partial charge in [0.1, 0.15) is 0 Å². The molecule has 0 atom stereocenters. The van der Waals surface area contributed by atoms with Gasteiger partial charge in [0.05, 0.1) is 0 Å². The zero-order valence-electron chi connectivity index (χ0n) is 7.15. The summed E-state index contributed by atoms with van der Waals surface area (Å²) in [5, 5.41) is 11.1. The average Bonchev–Trinajstić information content (AvgIpc) is 1.66. The number of hydrogen-bond donors (Lipinski definition) is 2. The van der Waals surface area contributed by atoms with Crippen molar-refractivity contribution in [2.24, 2.45) is 0 Å². The van der Waals surface area contributed by atoms with E-state index in [4.69, 9.17) is 5.11 Å². The van der Waals surface area contributed by atoms with E-state index >= 15 is 0 Å². The van der Waals surface area contributed by atoms with E-state index in [1.54, 1.807) is 13.8 Å². The molecule has 0 radical (unpaired) electrons. The van der Waals surface area contributed by atoms with E-state index in [0.29, 0.717) is 0 Å². The van der Waals surface area contributed by atoms with Crippen LogP contribution < -0.4 is 5.32 Å². The van der Waals surface area contributed by atoms with Crippen molar-refractivity contribution in [1.82, 2.24) is 5.32 Å². The zero-order valence-corrected chi connectivity index (χ0v) is 8.71. The molecule has 0 aliphatic heterocycles. The first kappa shape index (κ1) is 16.9. The topological polar surface area (TPSA) is 32.3 Å². The van der Waals surface area contributed by atoms with Gasteiger partial charge in [0, 0.05) is 27.8 Å². The fraction of sp³-hybridized carbons (Fsp3) is 0.857. The predicted octanol–water partition coefficient (Wildman–Crippen LogP) is 0.815. The Morgan fingerprint density at radius 1 is 1.50 bits per heavy atom. The molecule has 2 N–H and O–H groups in total. The second-order valence-electron chi connectivity index (χ2n) is 1.95. The van der Waals surface area contributed by atoms with Crippen molar-refractivity contribution in [1.29, 1.82) is 0 Å². The molecule has 0 unspecified atom stereocenters. The molecule has 0 amide bonds. The molecular formula is C7H18NOTi-. The molecule has 0 saturated heterocycles. The van der Waals surface area contributed by atoms with Crippen molar-refractivity contribution in [3.05, 3.63) is 6.92 Å². The molecule has 0 heterocycles. The van der Waals surface area contributed by atoms with E-state index in [1.807, 2.05) is 0 Å². The van der Waals surface area contributed by atoms with Gasteiger partial charge in [-0.1, -0.05) is 6.92 Å². The van der Waals surface area contributed by atoms with E-state index in [1.165, 1.54) is 0 Å². The smallest absolute Gasteiger partial charge is 0.0483 e. The number of nitrogens with one attached hydrogen (secondary N) is 1. The summed E-state index contributed by atoms with van der Waals surface area (Å²) in [5.41, 5.74) is 0. The molecular weight excluding hydrogens is 162 g/mol. The van der Waals surface area contributed by atoms with E-state index < -0.39 is 0 Å². The fourth-order valence-electron chi connectivity index (χ4n) is 0.177. The van der Waals surface area contributed by atoms with Gasteiger partial charge < -0.3 is 17.3 Å². The summed E-state index contributed by atoms with van der Waals surface area (Å²) in [6.07, 6.45) is -0.167. The first-order chi connectivity index (χ1) is 4.15. The molecule has 0 rings (SSSR count). The molecule has 2 nitrogen and oxygen atoms in total. The Bertz CT molecular complexity index is 37.8. The Labute approximate surface area is 79.3 Å². The fourth-order valence-corrected chi connectivity index (χ4v) is 0.177. The number of hydrogen-bond acceptors (Lipinski definition) is 2. The van der Waals surface area contributed by atoms with Crippen LogP contribution >= 0.6 is 0 Å². The van der Waals surface area contributed by atoms with Crippen LogP contribution in [0.5, 0.6) is 0 Å². The standard InChI is InChI=1S/C4H10N.C3H8O.Ti/c1-3-5-4-2;1-3(2)4;/h5H,1,3-4H2,2H3;3-4H,1-2H3;/q-1;;. The van der Waals surface area contributed by atoms with Gasteiger partial charge in [0.15, 0.2) is 0 Å². The van der Waals surface area contributed by atoms with Crippen molar-refractivity contribution < 1.29 is 26.8 Å². The normalized spacial score (nSPS) is 7.80. The maximum Gasteiger partial charge on any atom is 0.0483 e. The summed E-state index contributed by atoms with van der Waals surface area (Å²) in [4.78, 5) is 0. The first-order valence-corrected chi connectivity index (χ1v) is 3.33.